The highest BCUT2D eigenvalue weighted by molar-refractivity contribution is 9.10. The molecule has 18 heavy (non-hydrogen) atoms. The molecular formula is C12H18BrN3O2. The molecule has 1 rings (SSSR count). The fourth-order valence-electron chi connectivity index (χ4n) is 1.63. The van der Waals surface area contributed by atoms with Crippen molar-refractivity contribution in [2.75, 3.05) is 32.2 Å². The van der Waals surface area contributed by atoms with E-state index >= 15 is 0 Å². The van der Waals surface area contributed by atoms with Crippen LogP contribution >= 0.6 is 15.9 Å². The summed E-state index contributed by atoms with van der Waals surface area (Å²) in [6.45, 7) is 0.775. The molecule has 100 valence electrons. The topological polar surface area (TPSA) is 82.6 Å². The molecule has 1 atom stereocenters. The maximum atomic E-state index is 9.66. The van der Waals surface area contributed by atoms with Crippen molar-refractivity contribution in [2.24, 2.45) is 5.73 Å². The van der Waals surface area contributed by atoms with E-state index in [9.17, 15) is 5.11 Å². The Morgan fingerprint density at radius 2 is 2.28 bits per heavy atom. The van der Waals surface area contributed by atoms with Gasteiger partial charge in [-0.05, 0) is 34.1 Å². The molecule has 0 radical (unpaired) electrons. The zero-order valence-corrected chi connectivity index (χ0v) is 12.1. The molecule has 0 spiro atoms. The first-order chi connectivity index (χ1) is 8.45. The Morgan fingerprint density at radius 1 is 1.61 bits per heavy atom. The van der Waals surface area contributed by atoms with E-state index in [4.69, 9.17) is 15.9 Å². The number of hydrogen-bond donors (Lipinski definition) is 3. The number of nitrogen functional groups attached to an aromatic ring is 1. The molecule has 5 nitrogen and oxygen atoms in total. The maximum Gasteiger partial charge on any atom is 0.123 e. The summed E-state index contributed by atoms with van der Waals surface area (Å²) in [5, 5.41) is 17.1. The zero-order valence-electron chi connectivity index (χ0n) is 10.5. The van der Waals surface area contributed by atoms with E-state index in [0.717, 1.165) is 10.2 Å². The van der Waals surface area contributed by atoms with Crippen molar-refractivity contribution in [3.63, 3.8) is 0 Å². The number of likely N-dealkylation sites (N-methyl/N-ethyl adjacent to an activating group) is 1. The Hall–Kier alpha value is -1.11. The van der Waals surface area contributed by atoms with Crippen molar-refractivity contribution in [1.82, 2.24) is 0 Å². The van der Waals surface area contributed by atoms with E-state index in [0.29, 0.717) is 18.7 Å². The minimum absolute atomic E-state index is 0.0236. The zero-order chi connectivity index (χ0) is 13.7. The summed E-state index contributed by atoms with van der Waals surface area (Å²) in [4.78, 5) is 1.92. The third kappa shape index (κ3) is 3.97. The number of halogens is 1. The summed E-state index contributed by atoms with van der Waals surface area (Å²) in [6, 6.07) is 5.51. The van der Waals surface area contributed by atoms with Crippen molar-refractivity contribution in [3.05, 3.63) is 28.2 Å². The first-order valence-corrected chi connectivity index (χ1v) is 6.27. The monoisotopic (exact) mass is 315 g/mol. The SMILES string of the molecule is COCC(O)CN(C)c1ccc(C(=N)N)c(Br)c1. The number of anilines is 1. The highest BCUT2D eigenvalue weighted by atomic mass is 79.9. The number of nitrogens with two attached hydrogens (primary N) is 1. The van der Waals surface area contributed by atoms with Crippen LogP contribution < -0.4 is 10.6 Å². The van der Waals surface area contributed by atoms with Gasteiger partial charge in [-0.2, -0.15) is 0 Å². The van der Waals surface area contributed by atoms with E-state index in [-0.39, 0.29) is 5.84 Å². The molecule has 0 aliphatic rings. The van der Waals surface area contributed by atoms with Crippen molar-refractivity contribution in [3.8, 4) is 0 Å². The van der Waals surface area contributed by atoms with Gasteiger partial charge in [0, 0.05) is 36.4 Å². The molecule has 0 heterocycles. The first kappa shape index (κ1) is 14.9. The van der Waals surface area contributed by atoms with Crippen LogP contribution in [0.15, 0.2) is 22.7 Å². The highest BCUT2D eigenvalue weighted by Crippen LogP contribution is 2.23. The number of ether oxygens (including phenoxy) is 1. The molecule has 1 unspecified atom stereocenters. The van der Waals surface area contributed by atoms with Crippen molar-refractivity contribution in [2.45, 2.75) is 6.10 Å². The maximum absolute atomic E-state index is 9.66. The van der Waals surface area contributed by atoms with Crippen molar-refractivity contribution in [1.29, 1.82) is 5.41 Å². The van der Waals surface area contributed by atoms with E-state index in [1.807, 2.05) is 24.1 Å². The number of aliphatic hydroxyl groups excluding tert-OH is 1. The van der Waals surface area contributed by atoms with Gasteiger partial charge in [-0.15, -0.1) is 0 Å². The van der Waals surface area contributed by atoms with Crippen LogP contribution in [-0.2, 0) is 4.74 Å². The van der Waals surface area contributed by atoms with Gasteiger partial charge in [-0.1, -0.05) is 0 Å². The normalized spacial score (nSPS) is 12.2. The Kier molecular flexibility index (Phi) is 5.58. The van der Waals surface area contributed by atoms with Crippen LogP contribution in [0.5, 0.6) is 0 Å². The average Bonchev–Trinajstić information content (AvgIpc) is 2.28. The highest BCUT2D eigenvalue weighted by Gasteiger charge is 2.10. The second-order valence-corrected chi connectivity index (χ2v) is 4.92. The van der Waals surface area contributed by atoms with Gasteiger partial charge in [0.05, 0.1) is 12.7 Å². The lowest BCUT2D eigenvalue weighted by Crippen LogP contribution is -2.31. The molecule has 0 saturated carbocycles. The van der Waals surface area contributed by atoms with Gasteiger partial charge in [0.15, 0.2) is 0 Å². The van der Waals surface area contributed by atoms with Crippen molar-refractivity contribution < 1.29 is 9.84 Å². The van der Waals surface area contributed by atoms with E-state index < -0.39 is 6.10 Å². The molecule has 0 amide bonds. The molecule has 0 aliphatic heterocycles. The Labute approximate surface area is 115 Å². The van der Waals surface area contributed by atoms with Crippen LogP contribution in [-0.4, -0.2) is 44.4 Å². The van der Waals surface area contributed by atoms with E-state index in [1.165, 1.54) is 0 Å². The Bertz CT molecular complexity index is 426. The quantitative estimate of drug-likeness (QED) is 0.544. The molecule has 4 N–H and O–H groups in total. The van der Waals surface area contributed by atoms with E-state index in [2.05, 4.69) is 15.9 Å². The largest absolute Gasteiger partial charge is 0.389 e. The van der Waals surface area contributed by atoms with Crippen LogP contribution in [0.4, 0.5) is 5.69 Å². The van der Waals surface area contributed by atoms with Crippen LogP contribution in [0.3, 0.4) is 0 Å². The predicted octanol–water partition coefficient (Wildman–Crippen LogP) is 1.18. The Balaban J connectivity index is 2.78. The third-order valence-electron chi connectivity index (χ3n) is 2.53. The van der Waals surface area contributed by atoms with Crippen LogP contribution in [0.2, 0.25) is 0 Å². The third-order valence-corrected chi connectivity index (χ3v) is 3.18. The van der Waals surface area contributed by atoms with E-state index in [1.54, 1.807) is 13.2 Å². The summed E-state index contributed by atoms with van der Waals surface area (Å²) < 4.78 is 5.65. The van der Waals surface area contributed by atoms with Crippen LogP contribution in [0.1, 0.15) is 5.56 Å². The lowest BCUT2D eigenvalue weighted by Gasteiger charge is -2.23. The minimum atomic E-state index is -0.536. The summed E-state index contributed by atoms with van der Waals surface area (Å²) in [5.41, 5.74) is 7.03. The van der Waals surface area contributed by atoms with Crippen LogP contribution in [0.25, 0.3) is 0 Å². The molecular weight excluding hydrogens is 298 g/mol. The number of aliphatic hydroxyl groups is 1. The number of nitrogens with one attached hydrogen (secondary N) is 1. The lowest BCUT2D eigenvalue weighted by atomic mass is 10.2. The summed E-state index contributed by atoms with van der Waals surface area (Å²) in [7, 11) is 3.44. The fraction of sp³-hybridized carbons (Fsp3) is 0.417. The predicted molar refractivity (Wildman–Crippen MR) is 76.3 cm³/mol. The molecule has 0 aromatic heterocycles. The number of nitrogens with zero attached hydrogens (tertiary/aromatic N) is 1. The van der Waals surface area contributed by atoms with Gasteiger partial charge in [-0.25, -0.2) is 0 Å². The van der Waals surface area contributed by atoms with Gasteiger partial charge in [0.2, 0.25) is 0 Å². The number of rotatable bonds is 6. The van der Waals surface area contributed by atoms with Gasteiger partial charge >= 0.3 is 0 Å². The number of hydrogen-bond acceptors (Lipinski definition) is 4. The second kappa shape index (κ2) is 6.72. The summed E-state index contributed by atoms with van der Waals surface area (Å²) >= 11 is 3.38. The number of amidine groups is 1. The number of benzene rings is 1. The average molecular weight is 316 g/mol. The summed E-state index contributed by atoms with van der Waals surface area (Å²) in [5.74, 6) is 0.0236. The molecule has 1 aromatic carbocycles. The summed E-state index contributed by atoms with van der Waals surface area (Å²) in [6.07, 6.45) is -0.536. The smallest absolute Gasteiger partial charge is 0.123 e. The van der Waals surface area contributed by atoms with Gasteiger partial charge in [-0.3, -0.25) is 5.41 Å². The molecule has 0 bridgehead atoms. The molecule has 1 aromatic rings. The minimum Gasteiger partial charge on any atom is -0.389 e. The van der Waals surface area contributed by atoms with Crippen LogP contribution in [0, 0.1) is 5.41 Å². The second-order valence-electron chi connectivity index (χ2n) is 4.07. The Morgan fingerprint density at radius 3 is 2.78 bits per heavy atom. The lowest BCUT2D eigenvalue weighted by molar-refractivity contribution is 0.0695. The van der Waals surface area contributed by atoms with Crippen molar-refractivity contribution >= 4 is 27.5 Å². The van der Waals surface area contributed by atoms with Gasteiger partial charge < -0.3 is 20.5 Å². The number of methoxy groups -OCH3 is 1. The van der Waals surface area contributed by atoms with Gasteiger partial charge in [0.25, 0.3) is 0 Å². The van der Waals surface area contributed by atoms with Gasteiger partial charge in [0.1, 0.15) is 5.84 Å². The first-order valence-electron chi connectivity index (χ1n) is 5.47. The molecule has 0 fully saturated rings. The standard InChI is InChI=1S/C12H18BrN3O2/c1-16(6-9(17)7-18-2)8-3-4-10(12(14)15)11(13)5-8/h3-5,9,17H,6-7H2,1-2H3,(H3,14,15). The molecule has 0 saturated heterocycles. The fourth-order valence-corrected chi connectivity index (χ4v) is 2.21. The molecule has 6 heteroatoms. The molecule has 0 aliphatic carbocycles.